The van der Waals surface area contributed by atoms with Crippen LogP contribution in [0.25, 0.3) is 0 Å². The molecule has 0 saturated carbocycles. The van der Waals surface area contributed by atoms with E-state index >= 15 is 0 Å². The zero-order valence-corrected chi connectivity index (χ0v) is 7.92. The molecule has 88 valence electrons. The van der Waals surface area contributed by atoms with E-state index in [1.807, 2.05) is 0 Å². The summed E-state index contributed by atoms with van der Waals surface area (Å²) in [5, 5.41) is 0. The van der Waals surface area contributed by atoms with Crippen molar-refractivity contribution in [2.75, 3.05) is 7.11 Å². The van der Waals surface area contributed by atoms with E-state index in [1.165, 1.54) is 0 Å². The van der Waals surface area contributed by atoms with E-state index in [0.717, 1.165) is 7.11 Å². The van der Waals surface area contributed by atoms with Crippen LogP contribution in [-0.2, 0) is 10.9 Å². The first-order chi connectivity index (χ1) is 7.27. The number of methoxy groups -OCH3 is 1. The third-order valence-electron chi connectivity index (χ3n) is 1.64. The van der Waals surface area contributed by atoms with Gasteiger partial charge in [-0.1, -0.05) is 0 Å². The highest BCUT2D eigenvalue weighted by Gasteiger charge is 2.40. The Hall–Kier alpha value is -1.99. The second-order valence-electron chi connectivity index (χ2n) is 2.71. The van der Waals surface area contributed by atoms with Gasteiger partial charge in [0.1, 0.15) is 0 Å². The number of furan rings is 1. The lowest BCUT2D eigenvalue weighted by Crippen LogP contribution is -2.16. The number of hydrogen-bond acceptors (Lipinski definition) is 4. The first kappa shape index (κ1) is 12.1. The van der Waals surface area contributed by atoms with Gasteiger partial charge >= 0.3 is 12.1 Å². The zero-order chi connectivity index (χ0) is 12.5. The molecule has 0 saturated heterocycles. The topological polar surface area (TPSA) is 82.5 Å². The summed E-state index contributed by atoms with van der Waals surface area (Å²) in [7, 11) is 0.960. The van der Waals surface area contributed by atoms with Crippen LogP contribution in [0.5, 0.6) is 0 Å². The molecule has 5 nitrogen and oxygen atoms in total. The monoisotopic (exact) mass is 237 g/mol. The minimum absolute atomic E-state index is 0.594. The maximum Gasteiger partial charge on any atom is 0.450 e. The maximum absolute atomic E-state index is 12.3. The second-order valence-corrected chi connectivity index (χ2v) is 2.71. The molecule has 0 atom stereocenters. The normalized spacial score (nSPS) is 11.2. The number of halogens is 3. The van der Waals surface area contributed by atoms with Crippen molar-refractivity contribution in [3.05, 3.63) is 23.2 Å². The lowest BCUT2D eigenvalue weighted by molar-refractivity contribution is -0.153. The van der Waals surface area contributed by atoms with Crippen molar-refractivity contribution in [3.63, 3.8) is 0 Å². The Morgan fingerprint density at radius 1 is 1.44 bits per heavy atom. The number of alkyl halides is 3. The highest BCUT2D eigenvalue weighted by Crippen LogP contribution is 2.34. The summed E-state index contributed by atoms with van der Waals surface area (Å²) in [6, 6.07) is 0.594. The summed E-state index contributed by atoms with van der Waals surface area (Å²) < 4.78 is 45.3. The van der Waals surface area contributed by atoms with Crippen molar-refractivity contribution in [2.24, 2.45) is 5.73 Å². The molecular weight excluding hydrogens is 231 g/mol. The standard InChI is InChI=1S/C8H6F3NO4/c1-15-7(14)4-2-3(6(12)13)5(16-4)8(9,10)11/h2H,1H3,(H2,12,13). The fraction of sp³-hybridized carbons (Fsp3) is 0.250. The molecule has 0 aromatic carbocycles. The van der Waals surface area contributed by atoms with Gasteiger partial charge in [0.2, 0.25) is 11.5 Å². The Balaban J connectivity index is 3.32. The molecule has 1 aromatic heterocycles. The number of carbonyl (C=O) groups excluding carboxylic acids is 2. The SMILES string of the molecule is COC(=O)c1cc(C(N)=O)c(C(F)(F)F)o1. The van der Waals surface area contributed by atoms with Gasteiger partial charge in [-0.2, -0.15) is 13.2 Å². The fourth-order valence-electron chi connectivity index (χ4n) is 0.986. The summed E-state index contributed by atoms with van der Waals surface area (Å²) >= 11 is 0. The lowest BCUT2D eigenvalue weighted by Gasteiger charge is -2.03. The zero-order valence-electron chi connectivity index (χ0n) is 7.92. The number of rotatable bonds is 2. The first-order valence-electron chi connectivity index (χ1n) is 3.86. The smallest absolute Gasteiger partial charge is 0.450 e. The molecule has 2 N–H and O–H groups in total. The van der Waals surface area contributed by atoms with E-state index in [2.05, 4.69) is 9.15 Å². The minimum atomic E-state index is -4.91. The van der Waals surface area contributed by atoms with Crippen LogP contribution < -0.4 is 5.73 Å². The fourth-order valence-corrected chi connectivity index (χ4v) is 0.986. The molecule has 0 fully saturated rings. The van der Waals surface area contributed by atoms with Crippen LogP contribution >= 0.6 is 0 Å². The number of ether oxygens (including phenoxy) is 1. The molecule has 1 amide bonds. The Morgan fingerprint density at radius 2 is 2.00 bits per heavy atom. The number of primary amides is 1. The second kappa shape index (κ2) is 3.87. The molecule has 1 rings (SSSR count). The molecule has 0 bridgehead atoms. The summed E-state index contributed by atoms with van der Waals surface area (Å²) in [5.74, 6) is -4.81. The highest BCUT2D eigenvalue weighted by atomic mass is 19.4. The van der Waals surface area contributed by atoms with Gasteiger partial charge in [-0.15, -0.1) is 0 Å². The van der Waals surface area contributed by atoms with Gasteiger partial charge in [-0.25, -0.2) is 4.79 Å². The Morgan fingerprint density at radius 3 is 2.31 bits per heavy atom. The third-order valence-corrected chi connectivity index (χ3v) is 1.64. The van der Waals surface area contributed by atoms with Crippen molar-refractivity contribution >= 4 is 11.9 Å². The van der Waals surface area contributed by atoms with Gasteiger partial charge < -0.3 is 14.9 Å². The number of esters is 1. The molecule has 0 aliphatic rings. The van der Waals surface area contributed by atoms with Crippen LogP contribution in [0.3, 0.4) is 0 Å². The van der Waals surface area contributed by atoms with E-state index in [-0.39, 0.29) is 0 Å². The average Bonchev–Trinajstić information content (AvgIpc) is 2.60. The van der Waals surface area contributed by atoms with Crippen LogP contribution in [0.2, 0.25) is 0 Å². The van der Waals surface area contributed by atoms with Crippen LogP contribution in [0.4, 0.5) is 13.2 Å². The predicted octanol–water partition coefficient (Wildman–Crippen LogP) is 1.18. The van der Waals surface area contributed by atoms with Crippen LogP contribution in [0, 0.1) is 0 Å². The van der Waals surface area contributed by atoms with Crippen molar-refractivity contribution in [1.29, 1.82) is 0 Å². The number of amides is 1. The number of hydrogen-bond donors (Lipinski definition) is 1. The van der Waals surface area contributed by atoms with E-state index in [4.69, 9.17) is 5.73 Å². The number of nitrogens with two attached hydrogens (primary N) is 1. The summed E-state index contributed by atoms with van der Waals surface area (Å²) in [5.41, 5.74) is 3.81. The van der Waals surface area contributed by atoms with E-state index < -0.39 is 35.1 Å². The van der Waals surface area contributed by atoms with Gasteiger partial charge in [-0.3, -0.25) is 4.79 Å². The molecular formula is C8H6F3NO4. The largest absolute Gasteiger partial charge is 0.463 e. The summed E-state index contributed by atoms with van der Waals surface area (Å²) in [6.07, 6.45) is -4.91. The quantitative estimate of drug-likeness (QED) is 0.783. The van der Waals surface area contributed by atoms with Gasteiger partial charge in [0.15, 0.2) is 0 Å². The summed E-state index contributed by atoms with van der Waals surface area (Å²) in [6.45, 7) is 0. The van der Waals surface area contributed by atoms with Gasteiger partial charge in [0, 0.05) is 6.07 Å². The Bertz CT molecular complexity index is 435. The van der Waals surface area contributed by atoms with Crippen LogP contribution in [0.15, 0.2) is 10.5 Å². The van der Waals surface area contributed by atoms with Crippen molar-refractivity contribution in [1.82, 2.24) is 0 Å². The molecule has 0 aliphatic heterocycles. The Labute approximate surface area is 87.0 Å². The van der Waals surface area contributed by atoms with E-state index in [9.17, 15) is 22.8 Å². The van der Waals surface area contributed by atoms with Gasteiger partial charge in [0.25, 0.3) is 5.91 Å². The first-order valence-corrected chi connectivity index (χ1v) is 3.86. The highest BCUT2D eigenvalue weighted by molar-refractivity contribution is 5.97. The molecule has 1 aromatic rings. The maximum atomic E-state index is 12.3. The van der Waals surface area contributed by atoms with Crippen LogP contribution in [0.1, 0.15) is 26.7 Å². The van der Waals surface area contributed by atoms with Crippen molar-refractivity contribution < 1.29 is 31.9 Å². The van der Waals surface area contributed by atoms with Crippen LogP contribution in [-0.4, -0.2) is 19.0 Å². The van der Waals surface area contributed by atoms with Gasteiger partial charge in [-0.05, 0) is 0 Å². The number of carbonyl (C=O) groups is 2. The molecule has 16 heavy (non-hydrogen) atoms. The molecule has 0 spiro atoms. The Kier molecular flexibility index (Phi) is 2.92. The molecule has 0 radical (unpaired) electrons. The van der Waals surface area contributed by atoms with E-state index in [0.29, 0.717) is 6.07 Å². The predicted molar refractivity (Wildman–Crippen MR) is 43.6 cm³/mol. The lowest BCUT2D eigenvalue weighted by atomic mass is 10.2. The molecule has 0 unspecified atom stereocenters. The molecule has 0 aliphatic carbocycles. The van der Waals surface area contributed by atoms with Gasteiger partial charge in [0.05, 0.1) is 12.7 Å². The third kappa shape index (κ3) is 2.15. The van der Waals surface area contributed by atoms with E-state index in [1.54, 1.807) is 0 Å². The molecule has 8 heteroatoms. The van der Waals surface area contributed by atoms with Crippen molar-refractivity contribution in [2.45, 2.75) is 6.18 Å². The summed E-state index contributed by atoms with van der Waals surface area (Å²) in [4.78, 5) is 21.6. The van der Waals surface area contributed by atoms with Crippen molar-refractivity contribution in [3.8, 4) is 0 Å². The molecule has 1 heterocycles. The minimum Gasteiger partial charge on any atom is -0.463 e. The average molecular weight is 237 g/mol.